The smallest absolute Gasteiger partial charge is 0.0406 e. The molecule has 0 amide bonds. The number of hydrogen-bond donors (Lipinski definition) is 0. The minimum Gasteiger partial charge on any atom is -0.261 e. The first kappa shape index (κ1) is 11.4. The highest BCUT2D eigenvalue weighted by molar-refractivity contribution is 5.09. The standard InChI is InChI=1S/C15H21N/c1-2-4-8-14(9-5-3-1)11-12-15-10-6-7-13-16-15/h6-8,10,13H,1-5,9,11-12H2/b14-8+. The van der Waals surface area contributed by atoms with Crippen LogP contribution in [0.3, 0.4) is 0 Å². The molecule has 0 fully saturated rings. The van der Waals surface area contributed by atoms with Crippen molar-refractivity contribution in [2.45, 2.75) is 51.4 Å². The van der Waals surface area contributed by atoms with Gasteiger partial charge < -0.3 is 0 Å². The summed E-state index contributed by atoms with van der Waals surface area (Å²) in [6.07, 6.45) is 14.9. The van der Waals surface area contributed by atoms with E-state index in [1.807, 2.05) is 12.3 Å². The Labute approximate surface area is 98.6 Å². The van der Waals surface area contributed by atoms with Crippen LogP contribution in [0.5, 0.6) is 0 Å². The van der Waals surface area contributed by atoms with Crippen molar-refractivity contribution in [1.29, 1.82) is 0 Å². The number of nitrogens with zero attached hydrogens (tertiary/aromatic N) is 1. The van der Waals surface area contributed by atoms with Gasteiger partial charge in [-0.15, -0.1) is 0 Å². The molecule has 1 heteroatoms. The Balaban J connectivity index is 1.84. The molecule has 2 rings (SSSR count). The molecule has 0 bridgehead atoms. The fourth-order valence-corrected chi connectivity index (χ4v) is 2.32. The quantitative estimate of drug-likeness (QED) is 0.685. The van der Waals surface area contributed by atoms with Crippen molar-refractivity contribution in [1.82, 2.24) is 4.98 Å². The van der Waals surface area contributed by atoms with Crippen molar-refractivity contribution in [3.63, 3.8) is 0 Å². The van der Waals surface area contributed by atoms with Crippen LogP contribution in [-0.4, -0.2) is 4.98 Å². The predicted molar refractivity (Wildman–Crippen MR) is 68.3 cm³/mol. The molecule has 0 N–H and O–H groups in total. The molecule has 16 heavy (non-hydrogen) atoms. The highest BCUT2D eigenvalue weighted by Gasteiger charge is 2.03. The highest BCUT2D eigenvalue weighted by atomic mass is 14.7. The number of pyridine rings is 1. The van der Waals surface area contributed by atoms with Crippen LogP contribution in [0.4, 0.5) is 0 Å². The minimum atomic E-state index is 1.10. The van der Waals surface area contributed by atoms with Crippen molar-refractivity contribution < 1.29 is 0 Å². The molecule has 0 radical (unpaired) electrons. The van der Waals surface area contributed by atoms with Crippen LogP contribution in [0.15, 0.2) is 36.0 Å². The van der Waals surface area contributed by atoms with Crippen LogP contribution in [0.2, 0.25) is 0 Å². The molecule has 1 heterocycles. The lowest BCUT2D eigenvalue weighted by atomic mass is 9.96. The maximum absolute atomic E-state index is 4.38. The molecule has 1 nitrogen and oxygen atoms in total. The average molecular weight is 215 g/mol. The highest BCUT2D eigenvalue weighted by Crippen LogP contribution is 2.20. The van der Waals surface area contributed by atoms with Gasteiger partial charge in [0.1, 0.15) is 0 Å². The van der Waals surface area contributed by atoms with Gasteiger partial charge >= 0.3 is 0 Å². The van der Waals surface area contributed by atoms with E-state index in [1.54, 1.807) is 5.57 Å². The first-order valence-corrected chi connectivity index (χ1v) is 6.53. The third-order valence-electron chi connectivity index (χ3n) is 3.31. The zero-order valence-electron chi connectivity index (χ0n) is 9.99. The average Bonchev–Trinajstić information content (AvgIpc) is 2.29. The molecule has 1 aromatic rings. The monoisotopic (exact) mass is 215 g/mol. The van der Waals surface area contributed by atoms with E-state index in [9.17, 15) is 0 Å². The van der Waals surface area contributed by atoms with Crippen molar-refractivity contribution >= 4 is 0 Å². The van der Waals surface area contributed by atoms with Gasteiger partial charge in [-0.05, 0) is 50.7 Å². The Morgan fingerprint density at radius 2 is 1.94 bits per heavy atom. The molecule has 0 unspecified atom stereocenters. The van der Waals surface area contributed by atoms with Gasteiger partial charge in [0, 0.05) is 11.9 Å². The molecule has 1 aliphatic rings. The topological polar surface area (TPSA) is 12.9 Å². The van der Waals surface area contributed by atoms with E-state index in [0.717, 1.165) is 6.42 Å². The summed E-state index contributed by atoms with van der Waals surface area (Å²) in [5.41, 5.74) is 2.89. The number of aryl methyl sites for hydroxylation is 1. The van der Waals surface area contributed by atoms with Gasteiger partial charge in [0.2, 0.25) is 0 Å². The molecule has 0 aromatic carbocycles. The zero-order valence-corrected chi connectivity index (χ0v) is 9.99. The van der Waals surface area contributed by atoms with Crippen molar-refractivity contribution in [2.24, 2.45) is 0 Å². The Morgan fingerprint density at radius 1 is 1.00 bits per heavy atom. The third-order valence-corrected chi connectivity index (χ3v) is 3.31. The van der Waals surface area contributed by atoms with E-state index in [4.69, 9.17) is 0 Å². The molecule has 0 aliphatic heterocycles. The summed E-state index contributed by atoms with van der Waals surface area (Å²) in [5.74, 6) is 0. The normalized spacial score (nSPS) is 20.6. The molecule has 1 aliphatic carbocycles. The minimum absolute atomic E-state index is 1.10. The molecule has 1 aromatic heterocycles. The lowest BCUT2D eigenvalue weighted by molar-refractivity contribution is 0.613. The lowest BCUT2D eigenvalue weighted by Gasteiger charge is -2.11. The van der Waals surface area contributed by atoms with Crippen LogP contribution in [-0.2, 0) is 6.42 Å². The number of hydrogen-bond acceptors (Lipinski definition) is 1. The third kappa shape index (κ3) is 3.80. The van der Waals surface area contributed by atoms with E-state index in [1.165, 1.54) is 50.6 Å². The summed E-state index contributed by atoms with van der Waals surface area (Å²) in [7, 11) is 0. The Kier molecular flexibility index (Phi) is 4.60. The molecule has 0 atom stereocenters. The van der Waals surface area contributed by atoms with Crippen molar-refractivity contribution in [3.8, 4) is 0 Å². The van der Waals surface area contributed by atoms with E-state index < -0.39 is 0 Å². The first-order valence-electron chi connectivity index (χ1n) is 6.53. The van der Waals surface area contributed by atoms with Crippen LogP contribution < -0.4 is 0 Å². The molecular formula is C15H21N. The maximum atomic E-state index is 4.38. The largest absolute Gasteiger partial charge is 0.261 e. The summed E-state index contributed by atoms with van der Waals surface area (Å²) in [6.45, 7) is 0. The van der Waals surface area contributed by atoms with E-state index in [-0.39, 0.29) is 0 Å². The van der Waals surface area contributed by atoms with Gasteiger partial charge in [0.25, 0.3) is 0 Å². The van der Waals surface area contributed by atoms with Crippen LogP contribution >= 0.6 is 0 Å². The van der Waals surface area contributed by atoms with Gasteiger partial charge in [-0.25, -0.2) is 0 Å². The van der Waals surface area contributed by atoms with Gasteiger partial charge in [0.15, 0.2) is 0 Å². The number of allylic oxidation sites excluding steroid dienone is 2. The van der Waals surface area contributed by atoms with Gasteiger partial charge in [0.05, 0.1) is 0 Å². The molecule has 0 saturated heterocycles. The lowest BCUT2D eigenvalue weighted by Crippen LogP contribution is -1.95. The van der Waals surface area contributed by atoms with Crippen molar-refractivity contribution in [3.05, 3.63) is 41.7 Å². The summed E-state index contributed by atoms with van der Waals surface area (Å²) in [6, 6.07) is 6.19. The van der Waals surface area contributed by atoms with E-state index in [2.05, 4.69) is 23.2 Å². The Morgan fingerprint density at radius 3 is 2.81 bits per heavy atom. The van der Waals surface area contributed by atoms with E-state index >= 15 is 0 Å². The van der Waals surface area contributed by atoms with Crippen LogP contribution in [0.1, 0.15) is 50.6 Å². The van der Waals surface area contributed by atoms with Gasteiger partial charge in [-0.2, -0.15) is 0 Å². The molecule has 0 spiro atoms. The number of rotatable bonds is 3. The zero-order chi connectivity index (χ0) is 11.1. The van der Waals surface area contributed by atoms with Gasteiger partial charge in [-0.1, -0.05) is 30.6 Å². The van der Waals surface area contributed by atoms with Gasteiger partial charge in [-0.3, -0.25) is 4.98 Å². The predicted octanol–water partition coefficient (Wildman–Crippen LogP) is 4.29. The molecule has 86 valence electrons. The molecular weight excluding hydrogens is 194 g/mol. The second kappa shape index (κ2) is 6.47. The van der Waals surface area contributed by atoms with E-state index in [0.29, 0.717) is 0 Å². The summed E-state index contributed by atoms with van der Waals surface area (Å²) in [5, 5.41) is 0. The Hall–Kier alpha value is -1.11. The van der Waals surface area contributed by atoms with Crippen molar-refractivity contribution in [2.75, 3.05) is 0 Å². The van der Waals surface area contributed by atoms with Crippen LogP contribution in [0, 0.1) is 0 Å². The van der Waals surface area contributed by atoms with Crippen LogP contribution in [0.25, 0.3) is 0 Å². The summed E-state index contributed by atoms with van der Waals surface area (Å²) < 4.78 is 0. The second-order valence-corrected chi connectivity index (χ2v) is 4.64. The summed E-state index contributed by atoms with van der Waals surface area (Å²) >= 11 is 0. The Bertz CT molecular complexity index is 327. The maximum Gasteiger partial charge on any atom is 0.0406 e. The first-order chi connectivity index (χ1) is 7.95. The second-order valence-electron chi connectivity index (χ2n) is 4.64. The fraction of sp³-hybridized carbons (Fsp3) is 0.533. The SMILES string of the molecule is C1=C(/CCc2ccccn2)CCCCCC/1. The summed E-state index contributed by atoms with van der Waals surface area (Å²) in [4.78, 5) is 4.38. The number of aromatic nitrogens is 1. The fourth-order valence-electron chi connectivity index (χ4n) is 2.32. The molecule has 0 saturated carbocycles.